The molecule has 0 aliphatic rings. The molecule has 0 unspecified atom stereocenters. The van der Waals surface area contributed by atoms with E-state index in [9.17, 15) is 0 Å². The zero-order valence-corrected chi connectivity index (χ0v) is 9.48. The van der Waals surface area contributed by atoms with Crippen LogP contribution in [0.1, 0.15) is 13.8 Å². The van der Waals surface area contributed by atoms with Crippen molar-refractivity contribution in [2.75, 3.05) is 27.2 Å². The van der Waals surface area contributed by atoms with Crippen LogP contribution in [-0.4, -0.2) is 41.4 Å². The van der Waals surface area contributed by atoms with E-state index in [1.165, 1.54) is 0 Å². The van der Waals surface area contributed by atoms with E-state index < -0.39 is 0 Å². The van der Waals surface area contributed by atoms with E-state index in [1.807, 2.05) is 0 Å². The molecular weight excluding hydrogens is 140 g/mol. The highest BCUT2D eigenvalue weighted by Gasteiger charge is 1.73. The Morgan fingerprint density at radius 3 is 1.50 bits per heavy atom. The van der Waals surface area contributed by atoms with Crippen molar-refractivity contribution in [2.24, 2.45) is 0 Å². The normalized spacial score (nSPS) is 10.2. The molecule has 0 aliphatic carbocycles. The maximum atomic E-state index is 3.11. The van der Waals surface area contributed by atoms with E-state index >= 15 is 0 Å². The van der Waals surface area contributed by atoms with Crippen LogP contribution in [0.25, 0.3) is 0 Å². The van der Waals surface area contributed by atoms with Gasteiger partial charge >= 0.3 is 0 Å². The summed E-state index contributed by atoms with van der Waals surface area (Å²) in [5, 5.41) is 3.11. The third-order valence-electron chi connectivity index (χ3n) is 1.13. The number of hydrogen-bond donors (Lipinski definition) is 1. The molecule has 3 heteroatoms. The van der Waals surface area contributed by atoms with Crippen LogP contribution in [0.3, 0.4) is 0 Å². The molecule has 0 saturated heterocycles. The first kappa shape index (κ1) is 12.8. The predicted octanol–water partition coefficient (Wildman–Crippen LogP) is 0.296. The Labute approximate surface area is 67.9 Å². The van der Waals surface area contributed by atoms with Crippen molar-refractivity contribution in [3.05, 3.63) is 0 Å². The van der Waals surface area contributed by atoms with Crippen LogP contribution < -0.4 is 5.32 Å². The second-order valence-electron chi connectivity index (χ2n) is 2.35. The SMILES string of the molecule is CCNCC.C[SiH2]N(C)C. The van der Waals surface area contributed by atoms with Crippen molar-refractivity contribution >= 4 is 9.68 Å². The standard InChI is InChI=1S/C4H11N.C3H11NSi/c1-3-5-4-2;1-4(2)5-3/h5H,3-4H2,1-2H3;5H2,1-3H3. The van der Waals surface area contributed by atoms with Gasteiger partial charge in [-0.15, -0.1) is 0 Å². The number of rotatable bonds is 3. The van der Waals surface area contributed by atoms with Crippen LogP contribution in [0, 0.1) is 0 Å². The number of nitrogens with zero attached hydrogens (tertiary/aromatic N) is 1. The van der Waals surface area contributed by atoms with Gasteiger partial charge in [-0.1, -0.05) is 20.4 Å². The summed E-state index contributed by atoms with van der Waals surface area (Å²) >= 11 is 0. The van der Waals surface area contributed by atoms with Crippen LogP contribution in [0.5, 0.6) is 0 Å². The van der Waals surface area contributed by atoms with Gasteiger partial charge in [-0.25, -0.2) is 0 Å². The second-order valence-corrected chi connectivity index (χ2v) is 4.25. The van der Waals surface area contributed by atoms with Gasteiger partial charge in [0.05, 0.1) is 9.68 Å². The third-order valence-corrected chi connectivity index (χ3v) is 2.40. The van der Waals surface area contributed by atoms with Crippen LogP contribution >= 0.6 is 0 Å². The van der Waals surface area contributed by atoms with E-state index in [0.717, 1.165) is 13.1 Å². The molecule has 0 radical (unpaired) electrons. The summed E-state index contributed by atoms with van der Waals surface area (Å²) in [5.74, 6) is 0. The van der Waals surface area contributed by atoms with Gasteiger partial charge in [0.2, 0.25) is 0 Å². The minimum Gasteiger partial charge on any atom is -0.335 e. The minimum absolute atomic E-state index is 0.182. The van der Waals surface area contributed by atoms with Crippen molar-refractivity contribution < 1.29 is 0 Å². The van der Waals surface area contributed by atoms with Crippen molar-refractivity contribution in [3.63, 3.8) is 0 Å². The van der Waals surface area contributed by atoms with Crippen LogP contribution in [-0.2, 0) is 0 Å². The van der Waals surface area contributed by atoms with Crippen LogP contribution in [0.4, 0.5) is 0 Å². The van der Waals surface area contributed by atoms with Gasteiger partial charge in [0.15, 0.2) is 0 Å². The highest BCUT2D eigenvalue weighted by molar-refractivity contribution is 6.29. The number of nitrogens with one attached hydrogen (secondary N) is 1. The Bertz CT molecular complexity index is 46.9. The summed E-state index contributed by atoms with van der Waals surface area (Å²) < 4.78 is 2.26. The molecule has 0 aromatic rings. The maximum absolute atomic E-state index is 3.11. The lowest BCUT2D eigenvalue weighted by atomic mass is 10.7. The quantitative estimate of drug-likeness (QED) is 0.600. The highest BCUT2D eigenvalue weighted by Crippen LogP contribution is 1.60. The van der Waals surface area contributed by atoms with Gasteiger partial charge in [0, 0.05) is 0 Å². The Hall–Kier alpha value is 0.137. The maximum Gasteiger partial charge on any atom is 0.0913 e. The molecule has 10 heavy (non-hydrogen) atoms. The molecule has 2 nitrogen and oxygen atoms in total. The molecule has 64 valence electrons. The average Bonchev–Trinajstić information content (AvgIpc) is 1.91. The van der Waals surface area contributed by atoms with E-state index in [-0.39, 0.29) is 9.68 Å². The molecule has 0 spiro atoms. The monoisotopic (exact) mass is 162 g/mol. The van der Waals surface area contributed by atoms with E-state index in [0.29, 0.717) is 0 Å². The molecule has 0 amide bonds. The van der Waals surface area contributed by atoms with Gasteiger partial charge in [-0.3, -0.25) is 0 Å². The fraction of sp³-hybridized carbons (Fsp3) is 1.00. The first-order chi connectivity index (χ1) is 4.68. The van der Waals surface area contributed by atoms with Gasteiger partial charge in [0.1, 0.15) is 0 Å². The molecule has 0 bridgehead atoms. The minimum atomic E-state index is 0.182. The second kappa shape index (κ2) is 11.9. The lowest BCUT2D eigenvalue weighted by Crippen LogP contribution is -2.12. The molecule has 0 heterocycles. The molecule has 1 N–H and O–H groups in total. The fourth-order valence-electron chi connectivity index (χ4n) is 0.250. The lowest BCUT2D eigenvalue weighted by molar-refractivity contribution is 0.665. The summed E-state index contributed by atoms with van der Waals surface area (Å²) in [7, 11) is 4.42. The Kier molecular flexibility index (Phi) is 15.2. The van der Waals surface area contributed by atoms with Crippen LogP contribution in [0.15, 0.2) is 0 Å². The summed E-state index contributed by atoms with van der Waals surface area (Å²) in [4.78, 5) is 0. The van der Waals surface area contributed by atoms with Crippen molar-refractivity contribution in [1.29, 1.82) is 0 Å². The fourth-order valence-corrected chi connectivity index (χ4v) is 0.250. The van der Waals surface area contributed by atoms with Gasteiger partial charge in [-0.05, 0) is 27.2 Å². The zero-order chi connectivity index (χ0) is 8.41. The molecule has 0 aromatic heterocycles. The summed E-state index contributed by atoms with van der Waals surface area (Å²) in [6.07, 6.45) is 0. The first-order valence-electron chi connectivity index (χ1n) is 4.04. The van der Waals surface area contributed by atoms with Crippen molar-refractivity contribution in [1.82, 2.24) is 9.88 Å². The largest absolute Gasteiger partial charge is 0.335 e. The molecule has 0 aliphatic heterocycles. The third kappa shape index (κ3) is 24.2. The smallest absolute Gasteiger partial charge is 0.0913 e. The zero-order valence-electron chi connectivity index (χ0n) is 8.07. The Morgan fingerprint density at radius 2 is 1.50 bits per heavy atom. The highest BCUT2D eigenvalue weighted by atomic mass is 28.2. The molecule has 0 fully saturated rings. The molecule has 0 rings (SSSR count). The Balaban J connectivity index is 0. The van der Waals surface area contributed by atoms with Crippen LogP contribution in [0.2, 0.25) is 6.55 Å². The average molecular weight is 162 g/mol. The molecular formula is C7H22N2Si. The summed E-state index contributed by atoms with van der Waals surface area (Å²) in [6.45, 7) is 8.65. The lowest BCUT2D eigenvalue weighted by Gasteiger charge is -1.99. The molecule has 0 atom stereocenters. The van der Waals surface area contributed by atoms with Gasteiger partial charge in [-0.2, -0.15) is 0 Å². The summed E-state index contributed by atoms with van der Waals surface area (Å²) in [5.41, 5.74) is 0. The van der Waals surface area contributed by atoms with E-state index in [1.54, 1.807) is 0 Å². The first-order valence-corrected chi connectivity index (χ1v) is 6.09. The van der Waals surface area contributed by atoms with Gasteiger partial charge in [0.25, 0.3) is 0 Å². The summed E-state index contributed by atoms with van der Waals surface area (Å²) in [6, 6.07) is 0. The van der Waals surface area contributed by atoms with E-state index in [2.05, 4.69) is 44.4 Å². The molecule has 0 aromatic carbocycles. The predicted molar refractivity (Wildman–Crippen MR) is 52.3 cm³/mol. The van der Waals surface area contributed by atoms with Crippen molar-refractivity contribution in [2.45, 2.75) is 20.4 Å². The van der Waals surface area contributed by atoms with E-state index in [4.69, 9.17) is 0 Å². The molecule has 0 saturated carbocycles. The Morgan fingerprint density at radius 1 is 1.20 bits per heavy atom. The van der Waals surface area contributed by atoms with Gasteiger partial charge < -0.3 is 9.88 Å². The van der Waals surface area contributed by atoms with Crippen molar-refractivity contribution in [3.8, 4) is 0 Å². The topological polar surface area (TPSA) is 15.3 Å². The number of hydrogen-bond acceptors (Lipinski definition) is 2.